The van der Waals surface area contributed by atoms with Gasteiger partial charge in [0.05, 0.1) is 38.3 Å². The number of carboxylic acid groups (broad SMARTS) is 6. The molecule has 256 valence electrons. The molecule has 0 heterocycles. The van der Waals surface area contributed by atoms with Gasteiger partial charge in [0.15, 0.2) is 10.7 Å². The number of alkyl halides is 6. The second kappa shape index (κ2) is 13.8. The van der Waals surface area contributed by atoms with Crippen molar-refractivity contribution in [3.8, 4) is 0 Å². The van der Waals surface area contributed by atoms with E-state index in [1.54, 1.807) is 0 Å². The lowest BCUT2D eigenvalue weighted by atomic mass is 9.71. The van der Waals surface area contributed by atoms with Gasteiger partial charge in [0.2, 0.25) is 5.41 Å². The first-order chi connectivity index (χ1) is 21.9. The van der Waals surface area contributed by atoms with Crippen LogP contribution in [0, 0.1) is 0 Å². The molecule has 6 N–H and O–H groups in total. The number of hydrogen-bond donors (Lipinski definition) is 7. The summed E-state index contributed by atoms with van der Waals surface area (Å²) >= 11 is 0. The molecule has 21 heteroatoms. The molecule has 0 saturated carbocycles. The first-order valence-corrected chi connectivity index (χ1v) is 13.2. The summed E-state index contributed by atoms with van der Waals surface area (Å²) in [6.07, 6.45) is -12.5. The van der Waals surface area contributed by atoms with E-state index >= 15 is 0 Å². The summed E-state index contributed by atoms with van der Waals surface area (Å²) in [6, 6.07) is 3.67. The fourth-order valence-corrected chi connectivity index (χ4v) is 4.97. The molecular weight excluding hydrogens is 694 g/mol. The SMILES string of the molecule is O=C(O)c1ccc(C(c2ccc(C(=O)O)c(C(=O)O)c2)(C(F)(F)F)C(F)(F)F)cc1C(=O)O.O=C(O)c1cccc([SH](=O)=O)c1C(=O)O. The van der Waals surface area contributed by atoms with Gasteiger partial charge in [0.1, 0.15) is 0 Å². The molecule has 14 nitrogen and oxygen atoms in total. The molecule has 0 fully saturated rings. The molecular formula is C27H16F6O14S. The summed E-state index contributed by atoms with van der Waals surface area (Å²) in [6.45, 7) is 0. The molecule has 0 aromatic heterocycles. The predicted octanol–water partition coefficient (Wildman–Crippen LogP) is 3.94. The fourth-order valence-electron chi connectivity index (χ4n) is 4.36. The minimum atomic E-state index is -6.27. The van der Waals surface area contributed by atoms with E-state index in [2.05, 4.69) is 0 Å². The Bertz CT molecular complexity index is 1830. The van der Waals surface area contributed by atoms with Crippen molar-refractivity contribution in [2.75, 3.05) is 0 Å². The molecule has 0 aliphatic carbocycles. The zero-order valence-corrected chi connectivity index (χ0v) is 23.8. The molecule has 3 rings (SSSR count). The van der Waals surface area contributed by atoms with Gasteiger partial charge in [0, 0.05) is 0 Å². The van der Waals surface area contributed by atoms with Crippen molar-refractivity contribution in [1.29, 1.82) is 0 Å². The Kier molecular flexibility index (Phi) is 11.0. The van der Waals surface area contributed by atoms with Gasteiger partial charge >= 0.3 is 48.2 Å². The van der Waals surface area contributed by atoms with Crippen LogP contribution >= 0.6 is 0 Å². The Hall–Kier alpha value is -5.99. The van der Waals surface area contributed by atoms with Gasteiger partial charge in [-0.1, -0.05) is 18.2 Å². The average Bonchev–Trinajstić information content (AvgIpc) is 2.95. The molecule has 0 atom stereocenters. The Morgan fingerprint density at radius 3 is 1.10 bits per heavy atom. The van der Waals surface area contributed by atoms with Crippen molar-refractivity contribution in [1.82, 2.24) is 0 Å². The fraction of sp³-hybridized carbons (Fsp3) is 0.111. The number of halogens is 6. The summed E-state index contributed by atoms with van der Waals surface area (Å²) in [5.74, 6) is -11.2. The van der Waals surface area contributed by atoms with Gasteiger partial charge in [-0.2, -0.15) is 26.3 Å². The number of rotatable bonds is 9. The van der Waals surface area contributed by atoms with Crippen molar-refractivity contribution in [3.05, 3.63) is 99.1 Å². The van der Waals surface area contributed by atoms with E-state index in [4.69, 9.17) is 30.6 Å². The van der Waals surface area contributed by atoms with Crippen LogP contribution in [0.5, 0.6) is 0 Å². The third-order valence-electron chi connectivity index (χ3n) is 6.36. The maximum atomic E-state index is 14.2. The van der Waals surface area contributed by atoms with E-state index < -0.39 is 114 Å². The van der Waals surface area contributed by atoms with Crippen LogP contribution in [0.2, 0.25) is 0 Å². The summed E-state index contributed by atoms with van der Waals surface area (Å²) in [4.78, 5) is 65.8. The number of carbonyl (C=O) groups is 6. The molecule has 3 aromatic carbocycles. The summed E-state index contributed by atoms with van der Waals surface area (Å²) in [7, 11) is -3.13. The van der Waals surface area contributed by atoms with Gasteiger partial charge in [-0.25, -0.2) is 37.2 Å². The van der Waals surface area contributed by atoms with Crippen molar-refractivity contribution in [3.63, 3.8) is 0 Å². The highest BCUT2D eigenvalue weighted by Crippen LogP contribution is 2.56. The van der Waals surface area contributed by atoms with Gasteiger partial charge in [-0.05, 0) is 47.5 Å². The number of benzene rings is 3. The quantitative estimate of drug-likeness (QED) is 0.123. The van der Waals surface area contributed by atoms with E-state index in [0.29, 0.717) is 0 Å². The number of thiol groups is 1. The lowest BCUT2D eigenvalue weighted by Crippen LogP contribution is -2.55. The predicted molar refractivity (Wildman–Crippen MR) is 143 cm³/mol. The third-order valence-corrected chi connectivity index (χ3v) is 7.13. The highest BCUT2D eigenvalue weighted by molar-refractivity contribution is 7.72. The van der Waals surface area contributed by atoms with Gasteiger partial charge in [-0.3, -0.25) is 0 Å². The van der Waals surface area contributed by atoms with Crippen LogP contribution in [0.1, 0.15) is 73.3 Å². The Balaban J connectivity index is 0.000000444. The van der Waals surface area contributed by atoms with Crippen LogP contribution in [-0.2, 0) is 16.1 Å². The highest BCUT2D eigenvalue weighted by atomic mass is 32.2. The molecule has 0 aliphatic rings. The third kappa shape index (κ3) is 7.19. The maximum absolute atomic E-state index is 14.2. The first kappa shape index (κ1) is 38.2. The molecule has 48 heavy (non-hydrogen) atoms. The zero-order chi connectivity index (χ0) is 37.1. The molecule has 0 unspecified atom stereocenters. The highest BCUT2D eigenvalue weighted by Gasteiger charge is 2.72. The summed E-state index contributed by atoms with van der Waals surface area (Å²) in [5, 5.41) is 53.6. The second-order valence-corrected chi connectivity index (χ2v) is 10.0. The van der Waals surface area contributed by atoms with Crippen LogP contribution in [0.25, 0.3) is 0 Å². The number of hydrogen-bond acceptors (Lipinski definition) is 8. The Morgan fingerprint density at radius 2 is 0.833 bits per heavy atom. The molecule has 0 aliphatic heterocycles. The topological polar surface area (TPSA) is 258 Å². The van der Waals surface area contributed by atoms with E-state index in [1.807, 2.05) is 0 Å². The molecule has 0 amide bonds. The standard InChI is InChI=1S/C19H10F6O8.C8H6O6S/c20-18(21,22)17(19(23,24)25,7-1-3-9(13(26)27)11(5-7)15(30)31)8-2-4-10(14(28)29)12(6-8)16(32)33;9-7(10)4-2-1-3-5(15(13)14)6(4)8(11)12/h1-6H,(H,26,27)(H,28,29)(H,30,31)(H,32,33);1-3,15H,(H,9,10)(H,11,12). The first-order valence-electron chi connectivity index (χ1n) is 12.0. The molecule has 0 saturated heterocycles. The molecule has 0 bridgehead atoms. The van der Waals surface area contributed by atoms with Crippen LogP contribution in [0.15, 0.2) is 59.5 Å². The molecule has 0 spiro atoms. The van der Waals surface area contributed by atoms with E-state index in [9.17, 15) is 63.5 Å². The van der Waals surface area contributed by atoms with Gasteiger partial charge in [0.25, 0.3) is 0 Å². The smallest absolute Gasteiger partial charge is 0.411 e. The lowest BCUT2D eigenvalue weighted by molar-refractivity contribution is -0.288. The van der Waals surface area contributed by atoms with E-state index in [1.165, 1.54) is 6.07 Å². The average molecular weight is 710 g/mol. The van der Waals surface area contributed by atoms with Crippen LogP contribution in [-0.4, -0.2) is 87.2 Å². The van der Waals surface area contributed by atoms with Gasteiger partial charge in [-0.15, -0.1) is 0 Å². The van der Waals surface area contributed by atoms with Crippen LogP contribution in [0.3, 0.4) is 0 Å². The summed E-state index contributed by atoms with van der Waals surface area (Å²) < 4.78 is 106. The Morgan fingerprint density at radius 1 is 0.479 bits per heavy atom. The number of carboxylic acids is 6. The number of aromatic carboxylic acids is 6. The van der Waals surface area contributed by atoms with Crippen molar-refractivity contribution < 1.29 is 94.2 Å². The van der Waals surface area contributed by atoms with Crippen LogP contribution < -0.4 is 0 Å². The molecule has 3 aromatic rings. The van der Waals surface area contributed by atoms with Gasteiger partial charge < -0.3 is 30.6 Å². The lowest BCUT2D eigenvalue weighted by Gasteiger charge is -2.38. The largest absolute Gasteiger partial charge is 0.478 e. The summed E-state index contributed by atoms with van der Waals surface area (Å²) in [5.41, 5.74) is -14.8. The normalized spacial score (nSPS) is 11.6. The molecule has 0 radical (unpaired) electrons. The Labute approximate surface area is 262 Å². The minimum Gasteiger partial charge on any atom is -0.478 e. The van der Waals surface area contributed by atoms with Crippen molar-refractivity contribution in [2.24, 2.45) is 0 Å². The minimum absolute atomic E-state index is 0.0996. The van der Waals surface area contributed by atoms with E-state index in [-0.39, 0.29) is 36.4 Å². The maximum Gasteiger partial charge on any atom is 0.411 e. The zero-order valence-electron chi connectivity index (χ0n) is 22.9. The van der Waals surface area contributed by atoms with Crippen molar-refractivity contribution in [2.45, 2.75) is 22.7 Å². The van der Waals surface area contributed by atoms with E-state index in [0.717, 1.165) is 12.1 Å². The van der Waals surface area contributed by atoms with Crippen molar-refractivity contribution >= 4 is 46.5 Å². The second-order valence-electron chi connectivity index (χ2n) is 9.05. The van der Waals surface area contributed by atoms with Crippen LogP contribution in [0.4, 0.5) is 26.3 Å². The monoisotopic (exact) mass is 710 g/mol.